The Morgan fingerprint density at radius 2 is 1.29 bits per heavy atom. The van der Waals surface area contributed by atoms with Gasteiger partial charge in [0.2, 0.25) is 5.91 Å². The highest BCUT2D eigenvalue weighted by molar-refractivity contribution is 14.1. The van der Waals surface area contributed by atoms with Crippen LogP contribution in [0.3, 0.4) is 0 Å². The normalized spacial score (nSPS) is 36.3. The molecule has 0 bridgehead atoms. The van der Waals surface area contributed by atoms with E-state index in [9.17, 15) is 26.7 Å². The summed E-state index contributed by atoms with van der Waals surface area (Å²) in [5, 5.41) is 2.18. The zero-order chi connectivity index (χ0) is 15.7. The fourth-order valence-corrected chi connectivity index (χ4v) is 2.51. The highest BCUT2D eigenvalue weighted by atomic mass is 127. The van der Waals surface area contributed by atoms with E-state index in [4.69, 9.17) is 0 Å². The molecule has 1 aromatic rings. The second kappa shape index (κ2) is 6.45. The summed E-state index contributed by atoms with van der Waals surface area (Å²) in [5.41, 5.74) is 0.230. The first-order chi connectivity index (χ1) is 9.82. The second-order valence-corrected chi connectivity index (χ2v) is 5.99. The van der Waals surface area contributed by atoms with Gasteiger partial charge in [-0.2, -0.15) is 0 Å². The lowest BCUT2D eigenvalue weighted by Crippen LogP contribution is -2.56. The molecule has 1 N–H and O–H groups in total. The Labute approximate surface area is 131 Å². The quantitative estimate of drug-likeness (QED) is 0.577. The van der Waals surface area contributed by atoms with Gasteiger partial charge < -0.3 is 5.32 Å². The minimum Gasteiger partial charge on any atom is -0.326 e. The molecule has 2 unspecified atom stereocenters. The van der Waals surface area contributed by atoms with Crippen molar-refractivity contribution in [2.45, 2.75) is 30.9 Å². The van der Waals surface area contributed by atoms with Crippen LogP contribution in [0.4, 0.5) is 27.6 Å². The maximum Gasteiger partial charge on any atom is 0.233 e. The van der Waals surface area contributed by atoms with Crippen LogP contribution in [0.15, 0.2) is 24.3 Å². The van der Waals surface area contributed by atoms with Gasteiger partial charge >= 0.3 is 0 Å². The second-order valence-electron chi connectivity index (χ2n) is 4.74. The van der Waals surface area contributed by atoms with Gasteiger partial charge in [0.15, 0.2) is 18.5 Å². The first kappa shape index (κ1) is 16.4. The van der Waals surface area contributed by atoms with E-state index in [2.05, 4.69) is 5.32 Å². The van der Waals surface area contributed by atoms with Gasteiger partial charge in [-0.1, -0.05) is 0 Å². The Kier molecular flexibility index (Phi) is 5.05. The van der Waals surface area contributed by atoms with E-state index < -0.39 is 42.7 Å². The number of benzene rings is 1. The predicted molar refractivity (Wildman–Crippen MR) is 75.8 cm³/mol. The van der Waals surface area contributed by atoms with Crippen LogP contribution in [-0.2, 0) is 4.79 Å². The molecule has 6 atom stereocenters. The SMILES string of the molecule is O=C(Nc1ccc(I)cc1)C1[C@@H](F)[C@@H](F)C(F)[C@@H](F)[C@H]1F. The van der Waals surface area contributed by atoms with Crippen molar-refractivity contribution in [3.8, 4) is 0 Å². The first-order valence-electron chi connectivity index (χ1n) is 6.09. The molecule has 1 saturated carbocycles. The zero-order valence-electron chi connectivity index (χ0n) is 10.4. The summed E-state index contributed by atoms with van der Waals surface area (Å²) in [6, 6.07) is 6.20. The molecule has 2 rings (SSSR count). The highest BCUT2D eigenvalue weighted by Crippen LogP contribution is 2.36. The maximum atomic E-state index is 13.6. The summed E-state index contributed by atoms with van der Waals surface area (Å²) in [6.07, 6.45) is -14.1. The molecule has 0 aliphatic heterocycles. The lowest BCUT2D eigenvalue weighted by atomic mass is 9.81. The standard InChI is InChI=1S/C13H11F5INO/c14-8-7(9(15)11(17)12(18)10(8)16)13(21)20-6-3-1-5(19)2-4-6/h1-4,7-12H,(H,20,21)/t7?,8-,9+,10-,11+,12?. The molecule has 1 amide bonds. The minimum atomic E-state index is -2.91. The van der Waals surface area contributed by atoms with Gasteiger partial charge in [0.25, 0.3) is 0 Å². The molecule has 0 spiro atoms. The first-order valence-corrected chi connectivity index (χ1v) is 7.17. The third kappa shape index (κ3) is 3.29. The van der Waals surface area contributed by atoms with E-state index >= 15 is 0 Å². The Morgan fingerprint density at radius 1 is 0.857 bits per heavy atom. The summed E-state index contributed by atoms with van der Waals surface area (Å²) in [6.45, 7) is 0. The summed E-state index contributed by atoms with van der Waals surface area (Å²) < 4.78 is 67.7. The number of anilines is 1. The molecule has 1 aromatic carbocycles. The molecule has 1 aliphatic carbocycles. The van der Waals surface area contributed by atoms with E-state index in [0.29, 0.717) is 0 Å². The lowest BCUT2D eigenvalue weighted by Gasteiger charge is -2.35. The molecular weight excluding hydrogens is 408 g/mol. The van der Waals surface area contributed by atoms with E-state index in [1.54, 1.807) is 12.1 Å². The van der Waals surface area contributed by atoms with Crippen LogP contribution in [0, 0.1) is 9.49 Å². The average Bonchev–Trinajstić information content (AvgIpc) is 2.46. The third-order valence-corrected chi connectivity index (χ3v) is 4.04. The number of rotatable bonds is 2. The summed E-state index contributed by atoms with van der Waals surface area (Å²) >= 11 is 2.01. The molecule has 0 radical (unpaired) electrons. The van der Waals surface area contributed by atoms with E-state index in [-0.39, 0.29) is 5.69 Å². The Bertz CT molecular complexity index is 498. The number of nitrogens with one attached hydrogen (secondary N) is 1. The zero-order valence-corrected chi connectivity index (χ0v) is 12.6. The lowest BCUT2D eigenvalue weighted by molar-refractivity contribution is -0.138. The molecule has 0 aromatic heterocycles. The van der Waals surface area contributed by atoms with Gasteiger partial charge in [-0.05, 0) is 46.9 Å². The predicted octanol–water partition coefficient (Wildman–Crippen LogP) is 3.55. The van der Waals surface area contributed by atoms with E-state index in [0.717, 1.165) is 3.57 Å². The Hall–Kier alpha value is -0.930. The van der Waals surface area contributed by atoms with Crippen LogP contribution >= 0.6 is 22.6 Å². The topological polar surface area (TPSA) is 29.1 Å². The fourth-order valence-electron chi connectivity index (χ4n) is 2.15. The molecule has 1 aliphatic rings. The average molecular weight is 419 g/mol. The van der Waals surface area contributed by atoms with Crippen LogP contribution in [0.25, 0.3) is 0 Å². The molecular formula is C13H11F5INO. The number of carbonyl (C=O) groups excluding carboxylic acids is 1. The Balaban J connectivity index is 2.15. The molecule has 21 heavy (non-hydrogen) atoms. The van der Waals surface area contributed by atoms with E-state index in [1.165, 1.54) is 12.1 Å². The molecule has 1 fully saturated rings. The monoisotopic (exact) mass is 419 g/mol. The van der Waals surface area contributed by atoms with E-state index in [1.807, 2.05) is 22.6 Å². The van der Waals surface area contributed by atoms with Crippen molar-refractivity contribution in [2.24, 2.45) is 5.92 Å². The number of hydrogen-bond acceptors (Lipinski definition) is 1. The van der Waals surface area contributed by atoms with Gasteiger partial charge in [-0.25, -0.2) is 22.0 Å². The van der Waals surface area contributed by atoms with Gasteiger partial charge in [-0.15, -0.1) is 0 Å². The molecule has 2 nitrogen and oxygen atoms in total. The van der Waals surface area contributed by atoms with Crippen LogP contribution < -0.4 is 5.32 Å². The highest BCUT2D eigenvalue weighted by Gasteiger charge is 2.56. The Morgan fingerprint density at radius 3 is 1.76 bits per heavy atom. The fraction of sp³-hybridized carbons (Fsp3) is 0.462. The van der Waals surface area contributed by atoms with Crippen LogP contribution in [0.5, 0.6) is 0 Å². The van der Waals surface area contributed by atoms with Gasteiger partial charge in [-0.3, -0.25) is 4.79 Å². The molecule has 0 heterocycles. The molecule has 0 saturated heterocycles. The number of hydrogen-bond donors (Lipinski definition) is 1. The van der Waals surface area contributed by atoms with Crippen molar-refractivity contribution in [1.82, 2.24) is 0 Å². The van der Waals surface area contributed by atoms with Crippen molar-refractivity contribution in [3.63, 3.8) is 0 Å². The van der Waals surface area contributed by atoms with Gasteiger partial charge in [0.05, 0.1) is 0 Å². The van der Waals surface area contributed by atoms with Crippen molar-refractivity contribution in [1.29, 1.82) is 0 Å². The van der Waals surface area contributed by atoms with Gasteiger partial charge in [0, 0.05) is 9.26 Å². The van der Waals surface area contributed by atoms with Crippen LogP contribution in [-0.4, -0.2) is 36.8 Å². The van der Waals surface area contributed by atoms with Crippen LogP contribution in [0.2, 0.25) is 0 Å². The van der Waals surface area contributed by atoms with Crippen molar-refractivity contribution in [2.75, 3.05) is 5.32 Å². The number of carbonyl (C=O) groups is 1. The number of alkyl halides is 5. The smallest absolute Gasteiger partial charge is 0.233 e. The number of amides is 1. The summed E-state index contributed by atoms with van der Waals surface area (Å²) in [7, 11) is 0. The maximum absolute atomic E-state index is 13.6. The van der Waals surface area contributed by atoms with Crippen LogP contribution in [0.1, 0.15) is 0 Å². The van der Waals surface area contributed by atoms with Crippen molar-refractivity contribution < 1.29 is 26.7 Å². The summed E-state index contributed by atoms with van der Waals surface area (Å²) in [4.78, 5) is 11.8. The van der Waals surface area contributed by atoms with Crippen molar-refractivity contribution >= 4 is 34.2 Å². The number of halogens is 6. The largest absolute Gasteiger partial charge is 0.326 e. The van der Waals surface area contributed by atoms with Gasteiger partial charge in [0.1, 0.15) is 18.3 Å². The molecule has 116 valence electrons. The summed E-state index contributed by atoms with van der Waals surface area (Å²) in [5.74, 6) is -3.44. The minimum absolute atomic E-state index is 0.230. The third-order valence-electron chi connectivity index (χ3n) is 3.32. The molecule has 8 heteroatoms. The van der Waals surface area contributed by atoms with Crippen molar-refractivity contribution in [3.05, 3.63) is 27.8 Å².